The molecule has 1 aromatic heterocycles. The molecular weight excluding hydrogens is 428 g/mol. The van der Waals surface area contributed by atoms with Gasteiger partial charge in [-0.25, -0.2) is 0 Å². The Morgan fingerprint density at radius 2 is 1.85 bits per heavy atom. The van der Waals surface area contributed by atoms with Crippen molar-refractivity contribution in [3.05, 3.63) is 93.2 Å². The molecule has 172 valence electrons. The topological polar surface area (TPSA) is 41.6 Å². The number of fused-ring (bicyclic) bond motifs is 2. The first kappa shape index (κ1) is 22.3. The quantitative estimate of drug-likeness (QED) is 0.562. The van der Waals surface area contributed by atoms with E-state index in [4.69, 9.17) is 4.74 Å². The molecular formula is C28H32N2O2S. The number of ether oxygens (including phenoxy) is 1. The van der Waals surface area contributed by atoms with Crippen molar-refractivity contribution < 1.29 is 9.53 Å². The average molecular weight is 461 g/mol. The number of amides is 1. The second kappa shape index (κ2) is 9.41. The van der Waals surface area contributed by atoms with Gasteiger partial charge < -0.3 is 10.1 Å². The lowest BCUT2D eigenvalue weighted by atomic mass is 9.71. The molecule has 4 nitrogen and oxygen atoms in total. The summed E-state index contributed by atoms with van der Waals surface area (Å²) in [6.07, 6.45) is 2.43. The first-order chi connectivity index (χ1) is 16.1. The lowest BCUT2D eigenvalue weighted by Crippen LogP contribution is -2.50. The van der Waals surface area contributed by atoms with Crippen LogP contribution in [-0.2, 0) is 27.9 Å². The Kier molecular flexibility index (Phi) is 6.37. The summed E-state index contributed by atoms with van der Waals surface area (Å²) in [5.41, 5.74) is 5.27. The standard InChI is InChI=1S/C28H32N2O2S/c1-20-8-3-4-9-21(20)19-30-15-13-28(14-16-30)24-12-6-5-11-23(24)26(27(28)32-2)29-25(31)18-22-10-7-17-33-22/h3-12,17,26-27H,13-16,18-19H2,1-2H3,(H,29,31)/t26-,27+/m1/s1. The van der Waals surface area contributed by atoms with E-state index in [1.54, 1.807) is 18.4 Å². The zero-order chi connectivity index (χ0) is 22.8. The molecule has 1 N–H and O–H groups in total. The van der Waals surface area contributed by atoms with E-state index < -0.39 is 0 Å². The number of benzene rings is 2. The van der Waals surface area contributed by atoms with E-state index in [1.807, 2.05) is 17.5 Å². The Hall–Kier alpha value is -2.47. The third kappa shape index (κ3) is 4.25. The number of hydrogen-bond donors (Lipinski definition) is 1. The number of methoxy groups -OCH3 is 1. The van der Waals surface area contributed by atoms with Crippen LogP contribution in [0, 0.1) is 6.92 Å². The second-order valence-electron chi connectivity index (χ2n) is 9.40. The molecule has 2 aliphatic rings. The average Bonchev–Trinajstić information content (AvgIpc) is 3.42. The summed E-state index contributed by atoms with van der Waals surface area (Å²) < 4.78 is 6.18. The summed E-state index contributed by atoms with van der Waals surface area (Å²) in [6.45, 7) is 5.23. The summed E-state index contributed by atoms with van der Waals surface area (Å²) in [6, 6.07) is 21.2. The van der Waals surface area contributed by atoms with Gasteiger partial charge in [0.05, 0.1) is 18.6 Å². The van der Waals surface area contributed by atoms with Gasteiger partial charge in [0.1, 0.15) is 0 Å². The fourth-order valence-corrected chi connectivity index (χ4v) is 6.56. The van der Waals surface area contributed by atoms with Gasteiger partial charge >= 0.3 is 0 Å². The van der Waals surface area contributed by atoms with E-state index in [1.165, 1.54) is 22.3 Å². The van der Waals surface area contributed by atoms with E-state index in [9.17, 15) is 4.79 Å². The number of carbonyl (C=O) groups excluding carboxylic acids is 1. The Labute approximate surface area is 200 Å². The molecule has 0 saturated carbocycles. The number of carbonyl (C=O) groups is 1. The lowest BCUT2D eigenvalue weighted by molar-refractivity contribution is -0.122. The van der Waals surface area contributed by atoms with Crippen LogP contribution in [0.1, 0.15) is 46.0 Å². The number of rotatable bonds is 6. The molecule has 1 aliphatic heterocycles. The van der Waals surface area contributed by atoms with Crippen LogP contribution in [0.25, 0.3) is 0 Å². The van der Waals surface area contributed by atoms with Crippen molar-refractivity contribution in [1.82, 2.24) is 10.2 Å². The van der Waals surface area contributed by atoms with Gasteiger partial charge in [-0.1, -0.05) is 54.6 Å². The van der Waals surface area contributed by atoms with Crippen LogP contribution in [0.2, 0.25) is 0 Å². The number of nitrogens with zero attached hydrogens (tertiary/aromatic N) is 1. The van der Waals surface area contributed by atoms with E-state index in [2.05, 4.69) is 65.7 Å². The van der Waals surface area contributed by atoms with E-state index in [-0.39, 0.29) is 23.5 Å². The van der Waals surface area contributed by atoms with Gasteiger partial charge in [0, 0.05) is 23.9 Å². The minimum Gasteiger partial charge on any atom is -0.378 e. The van der Waals surface area contributed by atoms with E-state index in [0.29, 0.717) is 6.42 Å². The summed E-state index contributed by atoms with van der Waals surface area (Å²) in [5, 5.41) is 5.35. The van der Waals surface area contributed by atoms with E-state index >= 15 is 0 Å². The molecule has 1 aliphatic carbocycles. The highest BCUT2D eigenvalue weighted by atomic mass is 32.1. The van der Waals surface area contributed by atoms with Crippen LogP contribution >= 0.6 is 11.3 Å². The molecule has 1 spiro atoms. The third-order valence-corrected chi connectivity index (χ3v) is 8.44. The number of nitrogens with one attached hydrogen (secondary N) is 1. The van der Waals surface area contributed by atoms with Crippen LogP contribution in [0.5, 0.6) is 0 Å². The molecule has 2 aromatic carbocycles. The van der Waals surface area contributed by atoms with Crippen molar-refractivity contribution in [2.24, 2.45) is 0 Å². The molecule has 1 fully saturated rings. The highest BCUT2D eigenvalue weighted by Crippen LogP contribution is 2.52. The summed E-state index contributed by atoms with van der Waals surface area (Å²) in [7, 11) is 1.80. The number of hydrogen-bond acceptors (Lipinski definition) is 4. The molecule has 5 heteroatoms. The molecule has 2 heterocycles. The largest absolute Gasteiger partial charge is 0.378 e. The SMILES string of the molecule is CO[C@H]1[C@H](NC(=O)Cc2cccs2)c2ccccc2C12CCN(Cc1ccccc1C)CC2. The Bertz CT molecular complexity index is 1100. The summed E-state index contributed by atoms with van der Waals surface area (Å²) in [5.74, 6) is 0.0633. The fraction of sp³-hybridized carbons (Fsp3) is 0.393. The molecule has 3 aromatic rings. The molecule has 0 unspecified atom stereocenters. The second-order valence-corrected chi connectivity index (χ2v) is 10.4. The highest BCUT2D eigenvalue weighted by molar-refractivity contribution is 7.10. The summed E-state index contributed by atoms with van der Waals surface area (Å²) in [4.78, 5) is 16.6. The molecule has 5 rings (SSSR count). The first-order valence-electron chi connectivity index (χ1n) is 11.8. The lowest BCUT2D eigenvalue weighted by Gasteiger charge is -2.44. The van der Waals surface area contributed by atoms with Crippen LogP contribution < -0.4 is 5.32 Å². The van der Waals surface area contributed by atoms with Gasteiger partial charge in [-0.05, 0) is 66.6 Å². The maximum Gasteiger partial charge on any atom is 0.225 e. The first-order valence-corrected chi connectivity index (χ1v) is 12.7. The maximum atomic E-state index is 12.9. The van der Waals surface area contributed by atoms with Gasteiger partial charge in [-0.3, -0.25) is 9.69 Å². The zero-order valence-corrected chi connectivity index (χ0v) is 20.2. The predicted molar refractivity (Wildman–Crippen MR) is 134 cm³/mol. The van der Waals surface area contributed by atoms with Gasteiger partial charge in [-0.2, -0.15) is 0 Å². The van der Waals surface area contributed by atoms with Crippen LogP contribution in [-0.4, -0.2) is 37.1 Å². The molecule has 0 radical (unpaired) electrons. The molecule has 33 heavy (non-hydrogen) atoms. The molecule has 1 amide bonds. The molecule has 1 saturated heterocycles. The van der Waals surface area contributed by atoms with Crippen molar-refractivity contribution >= 4 is 17.2 Å². The van der Waals surface area contributed by atoms with E-state index in [0.717, 1.165) is 37.4 Å². The van der Waals surface area contributed by atoms with Crippen LogP contribution in [0.15, 0.2) is 66.0 Å². The van der Waals surface area contributed by atoms with Crippen molar-refractivity contribution in [3.8, 4) is 0 Å². The van der Waals surface area contributed by atoms with Gasteiger partial charge in [0.2, 0.25) is 5.91 Å². The summed E-state index contributed by atoms with van der Waals surface area (Å²) >= 11 is 1.63. The van der Waals surface area contributed by atoms with Gasteiger partial charge in [0.25, 0.3) is 0 Å². The van der Waals surface area contributed by atoms with Gasteiger partial charge in [0.15, 0.2) is 0 Å². The monoisotopic (exact) mass is 460 g/mol. The van der Waals surface area contributed by atoms with Crippen molar-refractivity contribution in [1.29, 1.82) is 0 Å². The fourth-order valence-electron chi connectivity index (χ4n) is 5.86. The maximum absolute atomic E-state index is 12.9. The number of aryl methyl sites for hydroxylation is 1. The van der Waals surface area contributed by atoms with Gasteiger partial charge in [-0.15, -0.1) is 11.3 Å². The third-order valence-electron chi connectivity index (χ3n) is 7.57. The van der Waals surface area contributed by atoms with Crippen molar-refractivity contribution in [2.45, 2.75) is 50.3 Å². The minimum absolute atomic E-state index is 0.0530. The predicted octanol–water partition coefficient (Wildman–Crippen LogP) is 5.02. The van der Waals surface area contributed by atoms with Crippen molar-refractivity contribution in [3.63, 3.8) is 0 Å². The zero-order valence-electron chi connectivity index (χ0n) is 19.4. The Balaban J connectivity index is 1.35. The normalized spacial score (nSPS) is 21.8. The molecule has 0 bridgehead atoms. The minimum atomic E-state index is -0.110. The Morgan fingerprint density at radius 3 is 2.58 bits per heavy atom. The molecule has 2 atom stereocenters. The Morgan fingerprint density at radius 1 is 1.09 bits per heavy atom. The number of likely N-dealkylation sites (tertiary alicyclic amines) is 1. The number of piperidine rings is 1. The van der Waals surface area contributed by atoms with Crippen LogP contribution in [0.4, 0.5) is 0 Å². The smallest absolute Gasteiger partial charge is 0.225 e. The van der Waals surface area contributed by atoms with Crippen LogP contribution in [0.3, 0.4) is 0 Å². The number of thiophene rings is 1. The highest BCUT2D eigenvalue weighted by Gasteiger charge is 2.53. The van der Waals surface area contributed by atoms with Crippen molar-refractivity contribution in [2.75, 3.05) is 20.2 Å².